The summed E-state index contributed by atoms with van der Waals surface area (Å²) in [6, 6.07) is 0. The first-order chi connectivity index (χ1) is 6.36. The van der Waals surface area contributed by atoms with Crippen molar-refractivity contribution in [2.24, 2.45) is 0 Å². The number of H-pyrrole nitrogens is 1. The molecule has 0 amide bonds. The summed E-state index contributed by atoms with van der Waals surface area (Å²) in [4.78, 5) is 1.07. The standard InChI is InChI=1S/C5H7N7S/c1-3-4(13-12-7-3)2-6-5-8-10-11-9-5/h2H2,1H3,(H2,6,8,9,10,11). The smallest absolute Gasteiger partial charge is 0.263 e. The molecule has 2 heterocycles. The minimum atomic E-state index is 0.479. The summed E-state index contributed by atoms with van der Waals surface area (Å²) in [5.74, 6) is 0.479. The molecule has 0 aliphatic heterocycles. The van der Waals surface area contributed by atoms with E-state index in [1.54, 1.807) is 0 Å². The Hall–Kier alpha value is -1.57. The van der Waals surface area contributed by atoms with Gasteiger partial charge in [0.25, 0.3) is 5.95 Å². The van der Waals surface area contributed by atoms with E-state index in [0.717, 1.165) is 10.6 Å². The lowest BCUT2D eigenvalue weighted by atomic mass is 10.4. The van der Waals surface area contributed by atoms with Crippen LogP contribution in [0.15, 0.2) is 0 Å². The number of rotatable bonds is 3. The first-order valence-electron chi connectivity index (χ1n) is 3.61. The number of anilines is 1. The fourth-order valence-corrected chi connectivity index (χ4v) is 1.38. The van der Waals surface area contributed by atoms with Gasteiger partial charge in [0.05, 0.1) is 17.1 Å². The largest absolute Gasteiger partial charge is 0.347 e. The first-order valence-corrected chi connectivity index (χ1v) is 4.39. The predicted octanol–water partition coefficient (Wildman–Crippen LogP) is -0.0283. The molecule has 0 fully saturated rings. The lowest BCUT2D eigenvalue weighted by Gasteiger charge is -1.96. The van der Waals surface area contributed by atoms with Crippen LogP contribution in [0, 0.1) is 6.92 Å². The van der Waals surface area contributed by atoms with Gasteiger partial charge in [-0.05, 0) is 23.7 Å². The molecule has 0 saturated carbocycles. The SMILES string of the molecule is Cc1nnsc1CNc1nn[nH]n1. The molecule has 0 radical (unpaired) electrons. The minimum Gasteiger partial charge on any atom is -0.347 e. The van der Waals surface area contributed by atoms with Crippen molar-refractivity contribution >= 4 is 17.5 Å². The fourth-order valence-electron chi connectivity index (χ4n) is 0.809. The van der Waals surface area contributed by atoms with Gasteiger partial charge in [-0.1, -0.05) is 9.59 Å². The van der Waals surface area contributed by atoms with E-state index in [2.05, 4.69) is 35.5 Å². The number of nitrogens with zero attached hydrogens (tertiary/aromatic N) is 5. The second kappa shape index (κ2) is 3.44. The molecule has 0 saturated heterocycles. The van der Waals surface area contributed by atoms with Crippen molar-refractivity contribution in [3.05, 3.63) is 10.6 Å². The first kappa shape index (κ1) is 8.05. The zero-order valence-electron chi connectivity index (χ0n) is 6.85. The van der Waals surface area contributed by atoms with Crippen molar-refractivity contribution < 1.29 is 0 Å². The fraction of sp³-hybridized carbons (Fsp3) is 0.400. The lowest BCUT2D eigenvalue weighted by Crippen LogP contribution is -2.00. The van der Waals surface area contributed by atoms with Crippen molar-refractivity contribution in [3.8, 4) is 0 Å². The molecule has 2 rings (SSSR count). The molecule has 2 aromatic heterocycles. The molecule has 0 atom stereocenters. The van der Waals surface area contributed by atoms with Gasteiger partial charge in [-0.15, -0.1) is 10.2 Å². The highest BCUT2D eigenvalue weighted by Gasteiger charge is 2.03. The van der Waals surface area contributed by atoms with Crippen LogP contribution < -0.4 is 5.32 Å². The molecule has 8 heteroatoms. The topological polar surface area (TPSA) is 92.3 Å². The van der Waals surface area contributed by atoms with E-state index in [4.69, 9.17) is 0 Å². The second-order valence-corrected chi connectivity index (χ2v) is 3.21. The van der Waals surface area contributed by atoms with Crippen LogP contribution in [0.5, 0.6) is 0 Å². The average Bonchev–Trinajstić information content (AvgIpc) is 2.72. The van der Waals surface area contributed by atoms with Crippen molar-refractivity contribution in [2.75, 3.05) is 5.32 Å². The van der Waals surface area contributed by atoms with Crippen LogP contribution in [0.4, 0.5) is 5.95 Å². The minimum absolute atomic E-state index is 0.479. The summed E-state index contributed by atoms with van der Waals surface area (Å²) < 4.78 is 3.81. The molecule has 13 heavy (non-hydrogen) atoms. The van der Waals surface area contributed by atoms with Crippen LogP contribution in [0.25, 0.3) is 0 Å². The summed E-state index contributed by atoms with van der Waals surface area (Å²) in [6.07, 6.45) is 0. The number of aromatic nitrogens is 6. The van der Waals surface area contributed by atoms with Gasteiger partial charge >= 0.3 is 0 Å². The van der Waals surface area contributed by atoms with E-state index in [0.29, 0.717) is 12.5 Å². The molecule has 2 N–H and O–H groups in total. The van der Waals surface area contributed by atoms with Crippen LogP contribution >= 0.6 is 11.5 Å². The molecule has 0 aliphatic rings. The van der Waals surface area contributed by atoms with Crippen LogP contribution in [0.1, 0.15) is 10.6 Å². The molecule has 0 spiro atoms. The molecule has 0 aliphatic carbocycles. The molecule has 0 aromatic carbocycles. The summed E-state index contributed by atoms with van der Waals surface area (Å²) >= 11 is 1.36. The predicted molar refractivity (Wildman–Crippen MR) is 46.2 cm³/mol. The highest BCUT2D eigenvalue weighted by molar-refractivity contribution is 7.05. The number of hydrogen-bond donors (Lipinski definition) is 2. The molecule has 68 valence electrons. The Kier molecular flexibility index (Phi) is 2.13. The molecular weight excluding hydrogens is 190 g/mol. The van der Waals surface area contributed by atoms with Gasteiger partial charge in [-0.25, -0.2) is 0 Å². The Bertz CT molecular complexity index is 366. The summed E-state index contributed by atoms with van der Waals surface area (Å²) in [5.41, 5.74) is 0.931. The van der Waals surface area contributed by atoms with E-state index in [-0.39, 0.29) is 0 Å². The Balaban J connectivity index is 1.97. The maximum atomic E-state index is 3.88. The Labute approximate surface area is 77.7 Å². The average molecular weight is 197 g/mol. The highest BCUT2D eigenvalue weighted by Crippen LogP contribution is 2.09. The quantitative estimate of drug-likeness (QED) is 0.718. The number of aromatic amines is 1. The monoisotopic (exact) mass is 197 g/mol. The summed E-state index contributed by atoms with van der Waals surface area (Å²) in [6.45, 7) is 2.54. The van der Waals surface area contributed by atoms with E-state index in [1.165, 1.54) is 11.5 Å². The van der Waals surface area contributed by atoms with E-state index >= 15 is 0 Å². The Morgan fingerprint density at radius 1 is 1.46 bits per heavy atom. The normalized spacial score (nSPS) is 10.2. The van der Waals surface area contributed by atoms with Crippen LogP contribution in [-0.4, -0.2) is 30.2 Å². The lowest BCUT2D eigenvalue weighted by molar-refractivity contribution is 0.881. The van der Waals surface area contributed by atoms with Gasteiger partial charge in [0, 0.05) is 0 Å². The van der Waals surface area contributed by atoms with Gasteiger partial charge in [-0.2, -0.15) is 5.21 Å². The Morgan fingerprint density at radius 3 is 3.00 bits per heavy atom. The third kappa shape index (κ3) is 1.78. The number of aryl methyl sites for hydroxylation is 1. The van der Waals surface area contributed by atoms with Gasteiger partial charge in [0.15, 0.2) is 0 Å². The number of nitrogens with one attached hydrogen (secondary N) is 2. The maximum Gasteiger partial charge on any atom is 0.263 e. The van der Waals surface area contributed by atoms with Crippen molar-refractivity contribution in [1.29, 1.82) is 0 Å². The second-order valence-electron chi connectivity index (χ2n) is 2.37. The molecule has 2 aromatic rings. The zero-order chi connectivity index (χ0) is 9.10. The van der Waals surface area contributed by atoms with Gasteiger partial charge in [0.2, 0.25) is 0 Å². The number of tetrazole rings is 1. The van der Waals surface area contributed by atoms with Crippen molar-refractivity contribution in [1.82, 2.24) is 30.2 Å². The van der Waals surface area contributed by atoms with Crippen molar-refractivity contribution in [2.45, 2.75) is 13.5 Å². The molecule has 0 unspecified atom stereocenters. The summed E-state index contributed by atoms with van der Waals surface area (Å²) in [7, 11) is 0. The molecular formula is C5H7N7S. The van der Waals surface area contributed by atoms with E-state index < -0.39 is 0 Å². The van der Waals surface area contributed by atoms with E-state index in [9.17, 15) is 0 Å². The van der Waals surface area contributed by atoms with Gasteiger partial charge < -0.3 is 5.32 Å². The highest BCUT2D eigenvalue weighted by atomic mass is 32.1. The molecule has 0 bridgehead atoms. The van der Waals surface area contributed by atoms with Gasteiger partial charge in [0.1, 0.15) is 0 Å². The Morgan fingerprint density at radius 2 is 2.38 bits per heavy atom. The van der Waals surface area contributed by atoms with Gasteiger partial charge in [-0.3, -0.25) is 0 Å². The van der Waals surface area contributed by atoms with Crippen molar-refractivity contribution in [3.63, 3.8) is 0 Å². The van der Waals surface area contributed by atoms with Crippen LogP contribution in [0.2, 0.25) is 0 Å². The maximum absolute atomic E-state index is 3.88. The molecule has 7 nitrogen and oxygen atoms in total. The van der Waals surface area contributed by atoms with Crippen LogP contribution in [0.3, 0.4) is 0 Å². The third-order valence-corrected chi connectivity index (χ3v) is 2.32. The summed E-state index contributed by atoms with van der Waals surface area (Å²) in [5, 5.41) is 20.1. The zero-order valence-corrected chi connectivity index (χ0v) is 7.67. The third-order valence-electron chi connectivity index (χ3n) is 1.50. The van der Waals surface area contributed by atoms with Crippen LogP contribution in [-0.2, 0) is 6.54 Å². The van der Waals surface area contributed by atoms with E-state index in [1.807, 2.05) is 6.92 Å². The number of hydrogen-bond acceptors (Lipinski definition) is 7.